The lowest BCUT2D eigenvalue weighted by Gasteiger charge is -2.23. The highest BCUT2D eigenvalue weighted by Gasteiger charge is 2.16. The molecule has 5 nitrogen and oxygen atoms in total. The zero-order chi connectivity index (χ0) is 11.1. The predicted molar refractivity (Wildman–Crippen MR) is 56.7 cm³/mol. The number of amides is 1. The molecule has 1 amide bonds. The highest BCUT2D eigenvalue weighted by molar-refractivity contribution is 5.76. The van der Waals surface area contributed by atoms with Crippen LogP contribution in [-0.4, -0.2) is 51.5 Å². The molecule has 1 rings (SSSR count). The zero-order valence-corrected chi connectivity index (χ0v) is 9.41. The van der Waals surface area contributed by atoms with Crippen LogP contribution in [0.25, 0.3) is 0 Å². The van der Waals surface area contributed by atoms with Gasteiger partial charge in [0.1, 0.15) is 0 Å². The van der Waals surface area contributed by atoms with Crippen LogP contribution in [0.1, 0.15) is 13.3 Å². The summed E-state index contributed by atoms with van der Waals surface area (Å²) in [6.07, 6.45) is 0.528. The number of carbonyl (C=O) groups excluding carboxylic acids is 1. The molecule has 15 heavy (non-hydrogen) atoms. The molecule has 0 aromatic heterocycles. The van der Waals surface area contributed by atoms with Gasteiger partial charge in [0.25, 0.3) is 0 Å². The van der Waals surface area contributed by atoms with E-state index in [9.17, 15) is 4.79 Å². The molecule has 0 aromatic rings. The second-order valence-corrected chi connectivity index (χ2v) is 3.78. The van der Waals surface area contributed by atoms with Crippen LogP contribution in [0.5, 0.6) is 0 Å². The molecule has 1 fully saturated rings. The summed E-state index contributed by atoms with van der Waals surface area (Å²) in [6.45, 7) is 4.66. The number of methoxy groups -OCH3 is 1. The Kier molecular flexibility index (Phi) is 5.60. The van der Waals surface area contributed by atoms with Gasteiger partial charge in [0, 0.05) is 32.7 Å². The summed E-state index contributed by atoms with van der Waals surface area (Å²) >= 11 is 0. The van der Waals surface area contributed by atoms with E-state index in [-0.39, 0.29) is 18.1 Å². The van der Waals surface area contributed by atoms with Gasteiger partial charge in [-0.2, -0.15) is 0 Å². The molecular weight excluding hydrogens is 196 g/mol. The lowest BCUT2D eigenvalue weighted by Crippen LogP contribution is -2.45. The SMILES string of the molecule is COC(C)CNC(=O)CC1COCCN1. The first kappa shape index (κ1) is 12.4. The number of morpholine rings is 1. The predicted octanol–water partition coefficient (Wildman–Crippen LogP) is -0.484. The minimum atomic E-state index is 0.0434. The van der Waals surface area contributed by atoms with E-state index in [1.807, 2.05) is 6.92 Å². The van der Waals surface area contributed by atoms with E-state index in [1.54, 1.807) is 7.11 Å². The Morgan fingerprint density at radius 3 is 3.13 bits per heavy atom. The van der Waals surface area contributed by atoms with Gasteiger partial charge in [-0.1, -0.05) is 0 Å². The standard InChI is InChI=1S/C10H20N2O3/c1-8(14-2)6-12-10(13)5-9-7-15-4-3-11-9/h8-9,11H,3-7H2,1-2H3,(H,12,13). The molecule has 1 aliphatic rings. The third-order valence-corrected chi connectivity index (χ3v) is 2.42. The molecule has 1 aliphatic heterocycles. The molecule has 0 spiro atoms. The van der Waals surface area contributed by atoms with Crippen molar-refractivity contribution in [1.29, 1.82) is 0 Å². The number of ether oxygens (including phenoxy) is 2. The van der Waals surface area contributed by atoms with E-state index in [0.29, 0.717) is 19.6 Å². The van der Waals surface area contributed by atoms with Crippen molar-refractivity contribution < 1.29 is 14.3 Å². The number of rotatable bonds is 5. The van der Waals surface area contributed by atoms with Crippen molar-refractivity contribution in [3.05, 3.63) is 0 Å². The smallest absolute Gasteiger partial charge is 0.221 e. The van der Waals surface area contributed by atoms with Crippen molar-refractivity contribution in [3.8, 4) is 0 Å². The maximum absolute atomic E-state index is 11.5. The lowest BCUT2D eigenvalue weighted by molar-refractivity contribution is -0.122. The largest absolute Gasteiger partial charge is 0.380 e. The van der Waals surface area contributed by atoms with Crippen LogP contribution >= 0.6 is 0 Å². The van der Waals surface area contributed by atoms with Crippen molar-refractivity contribution >= 4 is 5.91 Å². The molecule has 0 aromatic carbocycles. The van der Waals surface area contributed by atoms with Crippen molar-refractivity contribution in [3.63, 3.8) is 0 Å². The lowest BCUT2D eigenvalue weighted by atomic mass is 10.2. The van der Waals surface area contributed by atoms with E-state index in [4.69, 9.17) is 9.47 Å². The fourth-order valence-corrected chi connectivity index (χ4v) is 1.39. The molecule has 2 atom stereocenters. The first-order valence-electron chi connectivity index (χ1n) is 5.33. The highest BCUT2D eigenvalue weighted by atomic mass is 16.5. The first-order valence-corrected chi connectivity index (χ1v) is 5.33. The first-order chi connectivity index (χ1) is 7.22. The fraction of sp³-hybridized carbons (Fsp3) is 0.900. The van der Waals surface area contributed by atoms with E-state index in [1.165, 1.54) is 0 Å². The van der Waals surface area contributed by atoms with Gasteiger partial charge in [0.2, 0.25) is 5.91 Å². The minimum Gasteiger partial charge on any atom is -0.380 e. The number of nitrogens with one attached hydrogen (secondary N) is 2. The molecule has 1 saturated heterocycles. The summed E-state index contributed by atoms with van der Waals surface area (Å²) in [5.74, 6) is 0.0434. The molecule has 88 valence electrons. The molecule has 2 N–H and O–H groups in total. The van der Waals surface area contributed by atoms with Crippen LogP contribution in [0.3, 0.4) is 0 Å². The van der Waals surface area contributed by atoms with Gasteiger partial charge in [0.05, 0.1) is 19.3 Å². The van der Waals surface area contributed by atoms with Crippen LogP contribution in [0.2, 0.25) is 0 Å². The van der Waals surface area contributed by atoms with Gasteiger partial charge in [-0.15, -0.1) is 0 Å². The van der Waals surface area contributed by atoms with Crippen molar-refractivity contribution in [2.24, 2.45) is 0 Å². The minimum absolute atomic E-state index is 0.0434. The Labute approximate surface area is 90.5 Å². The molecule has 0 bridgehead atoms. The summed E-state index contributed by atoms with van der Waals surface area (Å²) in [7, 11) is 1.63. The summed E-state index contributed by atoms with van der Waals surface area (Å²) in [5, 5.41) is 6.06. The Morgan fingerprint density at radius 2 is 2.53 bits per heavy atom. The second kappa shape index (κ2) is 6.76. The van der Waals surface area contributed by atoms with Crippen molar-refractivity contribution in [2.45, 2.75) is 25.5 Å². The molecule has 0 radical (unpaired) electrons. The van der Waals surface area contributed by atoms with Crippen molar-refractivity contribution in [1.82, 2.24) is 10.6 Å². The monoisotopic (exact) mass is 216 g/mol. The molecule has 2 unspecified atom stereocenters. The van der Waals surface area contributed by atoms with E-state index in [2.05, 4.69) is 10.6 Å². The number of carbonyl (C=O) groups is 1. The van der Waals surface area contributed by atoms with E-state index in [0.717, 1.165) is 13.2 Å². The Balaban J connectivity index is 2.11. The van der Waals surface area contributed by atoms with Gasteiger partial charge in [-0.05, 0) is 6.92 Å². The van der Waals surface area contributed by atoms with E-state index >= 15 is 0 Å². The Bertz CT molecular complexity index is 193. The van der Waals surface area contributed by atoms with Crippen LogP contribution in [0, 0.1) is 0 Å². The summed E-state index contributed by atoms with van der Waals surface area (Å²) in [5.41, 5.74) is 0. The summed E-state index contributed by atoms with van der Waals surface area (Å²) in [4.78, 5) is 11.5. The normalized spacial score (nSPS) is 23.5. The Hall–Kier alpha value is -0.650. The van der Waals surface area contributed by atoms with Crippen molar-refractivity contribution in [2.75, 3.05) is 33.4 Å². The molecule has 0 saturated carbocycles. The van der Waals surface area contributed by atoms with Gasteiger partial charge in [-0.3, -0.25) is 4.79 Å². The second-order valence-electron chi connectivity index (χ2n) is 3.78. The number of hydrogen-bond acceptors (Lipinski definition) is 4. The van der Waals surface area contributed by atoms with Gasteiger partial charge >= 0.3 is 0 Å². The quantitative estimate of drug-likeness (QED) is 0.651. The van der Waals surface area contributed by atoms with Gasteiger partial charge in [-0.25, -0.2) is 0 Å². The fourth-order valence-electron chi connectivity index (χ4n) is 1.39. The topological polar surface area (TPSA) is 59.6 Å². The van der Waals surface area contributed by atoms with Gasteiger partial charge in [0.15, 0.2) is 0 Å². The van der Waals surface area contributed by atoms with E-state index < -0.39 is 0 Å². The molecule has 1 heterocycles. The molecule has 0 aliphatic carbocycles. The third kappa shape index (κ3) is 5.11. The number of hydrogen-bond donors (Lipinski definition) is 2. The van der Waals surface area contributed by atoms with Crippen LogP contribution in [0.15, 0.2) is 0 Å². The molecular formula is C10H20N2O3. The zero-order valence-electron chi connectivity index (χ0n) is 9.41. The average Bonchev–Trinajstić information content (AvgIpc) is 2.27. The maximum Gasteiger partial charge on any atom is 0.221 e. The Morgan fingerprint density at radius 1 is 1.73 bits per heavy atom. The summed E-state index contributed by atoms with van der Waals surface area (Å²) in [6, 6.07) is 0.150. The van der Waals surface area contributed by atoms with Crippen LogP contribution < -0.4 is 10.6 Å². The van der Waals surface area contributed by atoms with Crippen LogP contribution in [0.4, 0.5) is 0 Å². The molecule has 5 heteroatoms. The van der Waals surface area contributed by atoms with Crippen LogP contribution in [-0.2, 0) is 14.3 Å². The highest BCUT2D eigenvalue weighted by Crippen LogP contribution is 1.98. The maximum atomic E-state index is 11.5. The average molecular weight is 216 g/mol. The van der Waals surface area contributed by atoms with Gasteiger partial charge < -0.3 is 20.1 Å². The third-order valence-electron chi connectivity index (χ3n) is 2.42. The summed E-state index contributed by atoms with van der Waals surface area (Å²) < 4.78 is 10.3.